The third-order valence-corrected chi connectivity index (χ3v) is 2.48. The van der Waals surface area contributed by atoms with Crippen LogP contribution in [0, 0.1) is 0 Å². The molecule has 0 saturated heterocycles. The van der Waals surface area contributed by atoms with E-state index in [1.807, 2.05) is 56.6 Å². The highest BCUT2D eigenvalue weighted by atomic mass is 16.1. The van der Waals surface area contributed by atoms with E-state index in [4.69, 9.17) is 0 Å². The highest BCUT2D eigenvalue weighted by Gasteiger charge is 2.07. The molecule has 0 spiro atoms. The lowest BCUT2D eigenvalue weighted by Gasteiger charge is -2.04. The van der Waals surface area contributed by atoms with Crippen molar-refractivity contribution in [2.24, 2.45) is 0 Å². The second-order valence-electron chi connectivity index (χ2n) is 3.56. The zero-order chi connectivity index (χ0) is 10.7. The molecule has 0 aliphatic heterocycles. The van der Waals surface area contributed by atoms with Gasteiger partial charge < -0.3 is 0 Å². The standard InChI is InChI=1S/C13H12BO/c1-14-9-13(15)12-8-4-6-10-5-2-3-7-11(10)12/h2-8H,9H2,1H3. The van der Waals surface area contributed by atoms with Gasteiger partial charge in [0.15, 0.2) is 5.78 Å². The maximum atomic E-state index is 11.8. The van der Waals surface area contributed by atoms with Crippen molar-refractivity contribution in [3.8, 4) is 0 Å². The molecule has 0 atom stereocenters. The minimum atomic E-state index is 0.189. The van der Waals surface area contributed by atoms with Crippen LogP contribution in [-0.2, 0) is 0 Å². The average molecular weight is 195 g/mol. The van der Waals surface area contributed by atoms with Crippen LogP contribution < -0.4 is 0 Å². The fourth-order valence-electron chi connectivity index (χ4n) is 1.76. The van der Waals surface area contributed by atoms with E-state index < -0.39 is 0 Å². The molecule has 0 heterocycles. The lowest BCUT2D eigenvalue weighted by atomic mass is 9.74. The largest absolute Gasteiger partial charge is 0.295 e. The summed E-state index contributed by atoms with van der Waals surface area (Å²) < 4.78 is 0. The van der Waals surface area contributed by atoms with E-state index in [1.165, 1.54) is 0 Å². The Balaban J connectivity index is 2.56. The number of Topliss-reactive ketones (excluding diaryl/α,β-unsaturated/α-hetero) is 1. The summed E-state index contributed by atoms with van der Waals surface area (Å²) in [4.78, 5) is 11.8. The Morgan fingerprint density at radius 1 is 1.13 bits per heavy atom. The molecule has 0 aliphatic carbocycles. The van der Waals surface area contributed by atoms with Crippen LogP contribution in [0.1, 0.15) is 10.4 Å². The molecule has 2 rings (SSSR count). The second kappa shape index (κ2) is 4.30. The van der Waals surface area contributed by atoms with E-state index in [1.54, 1.807) is 0 Å². The highest BCUT2D eigenvalue weighted by Crippen LogP contribution is 2.19. The van der Waals surface area contributed by atoms with Gasteiger partial charge in [0.25, 0.3) is 0 Å². The fraction of sp³-hybridized carbons (Fsp3) is 0.154. The Hall–Kier alpha value is -1.57. The molecule has 0 aliphatic rings. The molecule has 1 nitrogen and oxygen atoms in total. The van der Waals surface area contributed by atoms with Gasteiger partial charge in [0.1, 0.15) is 7.28 Å². The van der Waals surface area contributed by atoms with Crippen LogP contribution in [-0.4, -0.2) is 13.1 Å². The van der Waals surface area contributed by atoms with Gasteiger partial charge in [-0.25, -0.2) is 0 Å². The number of rotatable bonds is 3. The van der Waals surface area contributed by atoms with E-state index >= 15 is 0 Å². The third-order valence-electron chi connectivity index (χ3n) is 2.48. The van der Waals surface area contributed by atoms with Gasteiger partial charge in [0, 0.05) is 5.56 Å². The first kappa shape index (κ1) is 9.97. The van der Waals surface area contributed by atoms with Crippen molar-refractivity contribution in [3.63, 3.8) is 0 Å². The summed E-state index contributed by atoms with van der Waals surface area (Å²) in [6.07, 6.45) is 0.508. The number of fused-ring (bicyclic) bond motifs is 1. The minimum absolute atomic E-state index is 0.189. The summed E-state index contributed by atoms with van der Waals surface area (Å²) in [5.41, 5.74) is 0.825. The number of hydrogen-bond donors (Lipinski definition) is 0. The Morgan fingerprint density at radius 3 is 2.67 bits per heavy atom. The average Bonchev–Trinajstić information content (AvgIpc) is 2.28. The molecule has 0 amide bonds. The molecular weight excluding hydrogens is 183 g/mol. The predicted octanol–water partition coefficient (Wildman–Crippen LogP) is 3.19. The molecule has 73 valence electrons. The number of carbonyl (C=O) groups excluding carboxylic acids is 1. The Morgan fingerprint density at radius 2 is 1.87 bits per heavy atom. The zero-order valence-electron chi connectivity index (χ0n) is 8.73. The molecule has 2 aromatic carbocycles. The minimum Gasteiger partial charge on any atom is -0.295 e. The summed E-state index contributed by atoms with van der Waals surface area (Å²) in [5, 5.41) is 2.17. The van der Waals surface area contributed by atoms with Crippen molar-refractivity contribution < 1.29 is 4.79 Å². The van der Waals surface area contributed by atoms with Gasteiger partial charge in [-0.1, -0.05) is 49.3 Å². The first-order chi connectivity index (χ1) is 7.33. The topological polar surface area (TPSA) is 17.1 Å². The van der Waals surface area contributed by atoms with Crippen molar-refractivity contribution in [2.75, 3.05) is 0 Å². The van der Waals surface area contributed by atoms with Gasteiger partial charge in [-0.15, -0.1) is 0 Å². The SMILES string of the molecule is C[B]CC(=O)c1cccc2ccccc12. The molecule has 15 heavy (non-hydrogen) atoms. The van der Waals surface area contributed by atoms with E-state index in [0.29, 0.717) is 6.32 Å². The molecule has 0 N–H and O–H groups in total. The smallest absolute Gasteiger partial charge is 0.155 e. The lowest BCUT2D eigenvalue weighted by molar-refractivity contribution is 0.101. The van der Waals surface area contributed by atoms with Gasteiger partial charge in [0.05, 0.1) is 0 Å². The van der Waals surface area contributed by atoms with Crippen molar-refractivity contribution in [2.45, 2.75) is 13.1 Å². The van der Waals surface area contributed by atoms with Crippen LogP contribution in [0.5, 0.6) is 0 Å². The van der Waals surface area contributed by atoms with Gasteiger partial charge in [0.2, 0.25) is 0 Å². The quantitative estimate of drug-likeness (QED) is 0.542. The van der Waals surface area contributed by atoms with E-state index in [-0.39, 0.29) is 5.78 Å². The van der Waals surface area contributed by atoms with Crippen LogP contribution >= 0.6 is 0 Å². The first-order valence-corrected chi connectivity index (χ1v) is 5.11. The molecule has 0 fully saturated rings. The lowest BCUT2D eigenvalue weighted by Crippen LogP contribution is -2.01. The van der Waals surface area contributed by atoms with Crippen molar-refractivity contribution >= 4 is 23.8 Å². The van der Waals surface area contributed by atoms with Gasteiger partial charge in [-0.3, -0.25) is 4.79 Å². The van der Waals surface area contributed by atoms with Crippen LogP contribution in [0.15, 0.2) is 42.5 Å². The number of carbonyl (C=O) groups is 1. The maximum Gasteiger partial charge on any atom is 0.155 e. The normalized spacial score (nSPS) is 10.2. The molecule has 1 radical (unpaired) electrons. The number of hydrogen-bond acceptors (Lipinski definition) is 1. The van der Waals surface area contributed by atoms with Gasteiger partial charge in [-0.2, -0.15) is 0 Å². The Bertz CT molecular complexity index is 485. The first-order valence-electron chi connectivity index (χ1n) is 5.11. The Kier molecular flexibility index (Phi) is 2.86. The third kappa shape index (κ3) is 1.94. The molecule has 0 saturated carbocycles. The Labute approximate surface area is 90.4 Å². The number of benzene rings is 2. The summed E-state index contributed by atoms with van der Waals surface area (Å²) in [6, 6.07) is 13.8. The van der Waals surface area contributed by atoms with E-state index in [0.717, 1.165) is 16.3 Å². The van der Waals surface area contributed by atoms with Gasteiger partial charge >= 0.3 is 0 Å². The molecule has 2 aromatic rings. The molecular formula is C13H12BO. The second-order valence-corrected chi connectivity index (χ2v) is 3.56. The summed E-state index contributed by atoms with van der Waals surface area (Å²) >= 11 is 0. The van der Waals surface area contributed by atoms with Crippen LogP contribution in [0.2, 0.25) is 13.1 Å². The maximum absolute atomic E-state index is 11.8. The van der Waals surface area contributed by atoms with Gasteiger partial charge in [-0.05, 0) is 17.1 Å². The van der Waals surface area contributed by atoms with Crippen LogP contribution in [0.3, 0.4) is 0 Å². The molecule has 2 heteroatoms. The summed E-state index contributed by atoms with van der Waals surface area (Å²) in [5.74, 6) is 0.189. The van der Waals surface area contributed by atoms with Crippen LogP contribution in [0.25, 0.3) is 10.8 Å². The molecule has 0 aromatic heterocycles. The summed E-state index contributed by atoms with van der Waals surface area (Å²) in [7, 11) is 1.89. The summed E-state index contributed by atoms with van der Waals surface area (Å²) in [6.45, 7) is 1.91. The van der Waals surface area contributed by atoms with Crippen molar-refractivity contribution in [1.82, 2.24) is 0 Å². The molecule has 0 bridgehead atoms. The predicted molar refractivity (Wildman–Crippen MR) is 64.7 cm³/mol. The van der Waals surface area contributed by atoms with E-state index in [2.05, 4.69) is 0 Å². The number of ketones is 1. The highest BCUT2D eigenvalue weighted by molar-refractivity contribution is 6.42. The van der Waals surface area contributed by atoms with Crippen molar-refractivity contribution in [1.29, 1.82) is 0 Å². The zero-order valence-corrected chi connectivity index (χ0v) is 8.73. The van der Waals surface area contributed by atoms with Crippen LogP contribution in [0.4, 0.5) is 0 Å². The fourth-order valence-corrected chi connectivity index (χ4v) is 1.76. The molecule has 0 unspecified atom stereocenters. The van der Waals surface area contributed by atoms with E-state index in [9.17, 15) is 4.79 Å². The van der Waals surface area contributed by atoms with Crippen molar-refractivity contribution in [3.05, 3.63) is 48.0 Å². The monoisotopic (exact) mass is 195 g/mol.